The molecule has 50 valence electrons. The minimum atomic E-state index is -5.06. The molecule has 0 aromatic rings. The highest BCUT2D eigenvalue weighted by atomic mass is 32.1. The van der Waals surface area contributed by atoms with Gasteiger partial charge in [-0.3, -0.25) is 0 Å². The summed E-state index contributed by atoms with van der Waals surface area (Å²) in [5, 5.41) is 1.81. The molecule has 0 aliphatic carbocycles. The molecule has 0 aliphatic rings. The molecule has 0 unspecified atom stereocenters. The molecule has 0 aromatic carbocycles. The molecule has 6 heteroatoms. The molecule has 0 fully saturated rings. The van der Waals surface area contributed by atoms with Crippen molar-refractivity contribution < 1.29 is 13.0 Å². The molecule has 2 nitrogen and oxygen atoms in total. The lowest BCUT2D eigenvalue weighted by Gasteiger charge is -1.81. The van der Waals surface area contributed by atoms with Crippen LogP contribution in [0.4, 0.5) is 8.39 Å². The third-order valence-corrected chi connectivity index (χ3v) is 0.953. The van der Waals surface area contributed by atoms with Gasteiger partial charge in [0.1, 0.15) is 0 Å². The number of nitrogens with zero attached hydrogens (tertiary/aromatic N) is 1. The molecule has 0 spiro atoms. The Morgan fingerprint density at radius 1 is 1.67 bits per heavy atom. The summed E-state index contributed by atoms with van der Waals surface area (Å²) in [6, 6.07) is 0. The smallest absolute Gasteiger partial charge is 0.245 e. The fraction of sp³-hybridized carbons (Fsp3) is 0. The topological polar surface area (TPSA) is 29.4 Å². The molecule has 0 amide bonds. The second-order valence-corrected chi connectivity index (χ2v) is 2.51. The van der Waals surface area contributed by atoms with Crippen molar-refractivity contribution in [3.63, 3.8) is 0 Å². The zero-order valence-corrected chi connectivity index (χ0v) is 5.83. The van der Waals surface area contributed by atoms with Crippen LogP contribution in [0, 0.1) is 0 Å². The van der Waals surface area contributed by atoms with Crippen molar-refractivity contribution in [3.05, 3.63) is 12.0 Å². The largest absolute Gasteiger partial charge is 0.427 e. The van der Waals surface area contributed by atoms with Gasteiger partial charge in [-0.1, -0.05) is 0 Å². The van der Waals surface area contributed by atoms with E-state index in [-0.39, 0.29) is 5.82 Å². The lowest BCUT2D eigenvalue weighted by molar-refractivity contribution is 0.506. The maximum Gasteiger partial charge on any atom is 0.427 e. The summed E-state index contributed by atoms with van der Waals surface area (Å²) in [4.78, 5) is 2.99. The summed E-state index contributed by atoms with van der Waals surface area (Å²) in [6.45, 7) is 0. The Morgan fingerprint density at radius 2 is 2.22 bits per heavy atom. The van der Waals surface area contributed by atoms with Gasteiger partial charge in [0, 0.05) is 6.20 Å². The van der Waals surface area contributed by atoms with E-state index in [0.717, 1.165) is 0 Å². The summed E-state index contributed by atoms with van der Waals surface area (Å²) in [6.07, 6.45) is 0.660. The molecule has 9 heavy (non-hydrogen) atoms. The highest BCUT2D eigenvalue weighted by Crippen LogP contribution is 2.50. The molecule has 0 bridgehead atoms. The number of hydrogen-bond donors (Lipinski definition) is 0. The lowest BCUT2D eigenvalue weighted by Crippen LogP contribution is -1.50. The maximum atomic E-state index is 11.4. The average Bonchev–Trinajstić information content (AvgIpc) is 1.63. The van der Waals surface area contributed by atoms with Crippen molar-refractivity contribution in [2.45, 2.75) is 0 Å². The Kier molecular flexibility index (Phi) is 3.47. The van der Waals surface area contributed by atoms with Crippen molar-refractivity contribution >= 4 is 25.1 Å². The highest BCUT2D eigenvalue weighted by molar-refractivity contribution is 7.78. The third-order valence-electron chi connectivity index (χ3n) is 0.367. The van der Waals surface area contributed by atoms with Crippen molar-refractivity contribution in [2.24, 2.45) is 4.99 Å². The first-order valence-corrected chi connectivity index (χ1v) is 3.76. The molecule has 0 saturated heterocycles. The van der Waals surface area contributed by atoms with E-state index in [1.165, 1.54) is 0 Å². The number of halogens is 2. The minimum Gasteiger partial charge on any atom is -0.245 e. The quantitative estimate of drug-likeness (QED) is 0.361. The van der Waals surface area contributed by atoms with Crippen LogP contribution in [0.5, 0.6) is 0 Å². The first-order chi connectivity index (χ1) is 4.06. The zero-order valence-electron chi connectivity index (χ0n) is 4.12. The van der Waals surface area contributed by atoms with Gasteiger partial charge in [-0.05, 0) is 12.2 Å². The molecule has 0 saturated carbocycles. The van der Waals surface area contributed by atoms with Crippen LogP contribution in [0.15, 0.2) is 17.0 Å². The second-order valence-electron chi connectivity index (χ2n) is 1.02. The van der Waals surface area contributed by atoms with E-state index in [0.29, 0.717) is 6.20 Å². The van der Waals surface area contributed by atoms with Gasteiger partial charge in [0.15, 0.2) is 0 Å². The number of isothiocyanates is 1. The summed E-state index contributed by atoms with van der Waals surface area (Å²) in [7, 11) is -5.06. The van der Waals surface area contributed by atoms with Crippen LogP contribution < -0.4 is 0 Å². The van der Waals surface area contributed by atoms with Crippen molar-refractivity contribution in [1.29, 1.82) is 0 Å². The first kappa shape index (κ1) is 8.63. The van der Waals surface area contributed by atoms with Gasteiger partial charge in [-0.25, -0.2) is 9.56 Å². The molecular weight excluding hydrogens is 167 g/mol. The van der Waals surface area contributed by atoms with Gasteiger partial charge in [-0.15, -0.1) is 8.39 Å². The molecule has 0 radical (unpaired) electrons. The Morgan fingerprint density at radius 3 is 2.56 bits per heavy atom. The van der Waals surface area contributed by atoms with E-state index in [9.17, 15) is 13.0 Å². The minimum absolute atomic E-state index is 0.201. The van der Waals surface area contributed by atoms with Gasteiger partial charge < -0.3 is 0 Å². The predicted molar refractivity (Wildman–Crippen MR) is 34.0 cm³/mol. The van der Waals surface area contributed by atoms with Gasteiger partial charge in [0.2, 0.25) is 0 Å². The Balaban J connectivity index is 4.02. The molecule has 0 aromatic heterocycles. The molecule has 0 heterocycles. The molecule has 0 aliphatic heterocycles. The predicted octanol–water partition coefficient (Wildman–Crippen LogP) is 2.69. The normalized spacial score (nSPS) is 11.3. The Hall–Kier alpha value is -0.370. The van der Waals surface area contributed by atoms with Crippen molar-refractivity contribution in [3.8, 4) is 0 Å². The lowest BCUT2D eigenvalue weighted by atomic mass is 11.0. The third kappa shape index (κ3) is 7.63. The first-order valence-electron chi connectivity index (χ1n) is 1.80. The maximum absolute atomic E-state index is 11.4. The van der Waals surface area contributed by atoms with Crippen molar-refractivity contribution in [1.82, 2.24) is 0 Å². The number of aliphatic imine (C=N–C) groups is 1. The average molecular weight is 169 g/mol. The summed E-state index contributed by atoms with van der Waals surface area (Å²) in [5.74, 6) is 0.201. The Bertz CT molecular complexity index is 204. The van der Waals surface area contributed by atoms with E-state index in [2.05, 4.69) is 17.2 Å². The van der Waals surface area contributed by atoms with E-state index >= 15 is 0 Å². The van der Waals surface area contributed by atoms with Crippen molar-refractivity contribution in [2.75, 3.05) is 0 Å². The van der Waals surface area contributed by atoms with Crippen LogP contribution >= 0.6 is 20.0 Å². The Labute approximate surface area is 55.9 Å². The molecular formula is C3H2F2NOPS. The van der Waals surface area contributed by atoms with Gasteiger partial charge in [-0.2, -0.15) is 0 Å². The van der Waals surface area contributed by atoms with E-state index in [4.69, 9.17) is 0 Å². The number of thiocarbonyl (C=S) groups is 1. The van der Waals surface area contributed by atoms with Crippen LogP contribution in [-0.2, 0) is 4.57 Å². The summed E-state index contributed by atoms with van der Waals surface area (Å²) < 4.78 is 32.3. The van der Waals surface area contributed by atoms with Gasteiger partial charge in [0.05, 0.1) is 11.0 Å². The van der Waals surface area contributed by atoms with Crippen LogP contribution in [0.1, 0.15) is 0 Å². The standard InChI is InChI=1S/C3H2F2NOPS/c4-8(5,7)2-1-6-3-9/h1-2H/b2-1+. The second kappa shape index (κ2) is 3.62. The van der Waals surface area contributed by atoms with E-state index < -0.39 is 7.76 Å². The van der Waals surface area contributed by atoms with E-state index in [1.54, 1.807) is 0 Å². The summed E-state index contributed by atoms with van der Waals surface area (Å²) >= 11 is 4.04. The van der Waals surface area contributed by atoms with Crippen LogP contribution in [0.3, 0.4) is 0 Å². The van der Waals surface area contributed by atoms with Crippen LogP contribution in [0.25, 0.3) is 0 Å². The fourth-order valence-electron chi connectivity index (χ4n) is 0.141. The molecule has 0 N–H and O–H groups in total. The number of hydrogen-bond acceptors (Lipinski definition) is 3. The fourth-order valence-corrected chi connectivity index (χ4v) is 0.424. The monoisotopic (exact) mass is 169 g/mol. The van der Waals surface area contributed by atoms with Gasteiger partial charge in [0.25, 0.3) is 0 Å². The highest BCUT2D eigenvalue weighted by Gasteiger charge is 2.11. The SMILES string of the molecule is O=P(F)(F)/C=C/N=C=S. The number of rotatable bonds is 2. The molecule has 0 atom stereocenters. The van der Waals surface area contributed by atoms with Gasteiger partial charge >= 0.3 is 7.76 Å². The van der Waals surface area contributed by atoms with Crippen LogP contribution in [0.2, 0.25) is 0 Å². The summed E-state index contributed by atoms with van der Waals surface area (Å²) in [5.41, 5.74) is 0. The molecule has 0 rings (SSSR count). The van der Waals surface area contributed by atoms with Crippen LogP contribution in [-0.4, -0.2) is 5.16 Å². The zero-order chi connectivity index (χ0) is 7.33. The van der Waals surface area contributed by atoms with E-state index in [1.807, 2.05) is 5.16 Å².